The molecule has 0 spiro atoms. The smallest absolute Gasteiger partial charge is 0.329 e. The first-order chi connectivity index (χ1) is 8.15. The van der Waals surface area contributed by atoms with Crippen LogP contribution < -0.4 is 10.6 Å². The van der Waals surface area contributed by atoms with Crippen LogP contribution in [0.1, 0.15) is 0 Å². The zero-order valence-electron chi connectivity index (χ0n) is 9.64. The molecule has 17 heavy (non-hydrogen) atoms. The summed E-state index contributed by atoms with van der Waals surface area (Å²) in [5.74, 6) is 0. The van der Waals surface area contributed by atoms with Crippen LogP contribution in [0.3, 0.4) is 0 Å². The van der Waals surface area contributed by atoms with Gasteiger partial charge in [0, 0.05) is 19.3 Å². The number of carbonyl (C=O) groups is 2. The van der Waals surface area contributed by atoms with E-state index in [0.29, 0.717) is 12.2 Å². The molecule has 90 valence electrons. The van der Waals surface area contributed by atoms with Crippen molar-refractivity contribution < 1.29 is 9.59 Å². The Labute approximate surface area is 100 Å². The number of carbonyl (C=O) groups excluding carboxylic acids is 2. The first kappa shape index (κ1) is 12.8. The van der Waals surface area contributed by atoms with E-state index in [1.54, 1.807) is 30.3 Å². The van der Waals surface area contributed by atoms with Crippen LogP contribution in [0.25, 0.3) is 0 Å². The van der Waals surface area contributed by atoms with E-state index in [4.69, 9.17) is 0 Å². The summed E-state index contributed by atoms with van der Waals surface area (Å²) in [4.78, 5) is 24.1. The lowest BCUT2D eigenvalue weighted by Gasteiger charge is -2.16. The first-order valence-corrected chi connectivity index (χ1v) is 5.13. The van der Waals surface area contributed by atoms with Gasteiger partial charge in [-0.2, -0.15) is 0 Å². The average Bonchev–Trinajstić information content (AvgIpc) is 2.36. The molecule has 0 saturated carbocycles. The number of benzene rings is 1. The number of nitrogens with zero attached hydrogens (tertiary/aromatic N) is 1. The van der Waals surface area contributed by atoms with Crippen LogP contribution in [0.2, 0.25) is 0 Å². The number of imide groups is 1. The lowest BCUT2D eigenvalue weighted by Crippen LogP contribution is -2.43. The fourth-order valence-corrected chi connectivity index (χ4v) is 1.10. The molecule has 1 rings (SSSR count). The van der Waals surface area contributed by atoms with Gasteiger partial charge in [-0.1, -0.05) is 24.3 Å². The molecule has 5 heteroatoms. The maximum Gasteiger partial charge on any atom is 0.329 e. The van der Waals surface area contributed by atoms with Crippen molar-refractivity contribution in [3.05, 3.63) is 43.0 Å². The molecule has 0 radical (unpaired) electrons. The molecule has 4 amide bonds. The summed E-state index contributed by atoms with van der Waals surface area (Å²) in [5, 5.41) is 5.11. The number of amides is 4. The molecule has 0 heterocycles. The molecule has 5 nitrogen and oxygen atoms in total. The normalized spacial score (nSPS) is 9.24. The number of rotatable bonds is 3. The molecule has 1 aromatic rings. The zero-order valence-corrected chi connectivity index (χ0v) is 9.64. The Bertz CT molecular complexity index is 403. The van der Waals surface area contributed by atoms with Crippen LogP contribution in [0, 0.1) is 0 Å². The maximum absolute atomic E-state index is 11.6. The van der Waals surface area contributed by atoms with Crippen LogP contribution >= 0.6 is 0 Å². The number of hydrogen-bond acceptors (Lipinski definition) is 2. The van der Waals surface area contributed by atoms with Gasteiger partial charge in [-0.25, -0.2) is 14.5 Å². The van der Waals surface area contributed by atoms with Gasteiger partial charge in [-0.05, 0) is 12.1 Å². The summed E-state index contributed by atoms with van der Waals surface area (Å²) in [6.07, 6.45) is 1.54. The Morgan fingerprint density at radius 1 is 1.29 bits per heavy atom. The predicted octanol–water partition coefficient (Wildman–Crippen LogP) is 2.05. The Morgan fingerprint density at radius 3 is 2.53 bits per heavy atom. The molecule has 1 aromatic carbocycles. The van der Waals surface area contributed by atoms with E-state index in [1.807, 2.05) is 6.07 Å². The molecule has 0 aliphatic heterocycles. The van der Waals surface area contributed by atoms with Crippen molar-refractivity contribution in [3.8, 4) is 0 Å². The van der Waals surface area contributed by atoms with Crippen LogP contribution in [-0.4, -0.2) is 30.6 Å². The highest BCUT2D eigenvalue weighted by atomic mass is 16.2. The summed E-state index contributed by atoms with van der Waals surface area (Å²) < 4.78 is 0. The lowest BCUT2D eigenvalue weighted by atomic mass is 10.3. The van der Waals surface area contributed by atoms with Crippen molar-refractivity contribution in [1.82, 2.24) is 10.2 Å². The number of urea groups is 2. The van der Waals surface area contributed by atoms with Crippen LogP contribution in [-0.2, 0) is 0 Å². The van der Waals surface area contributed by atoms with Crippen molar-refractivity contribution in [3.63, 3.8) is 0 Å². The highest BCUT2D eigenvalue weighted by molar-refractivity contribution is 6.00. The Balaban J connectivity index is 2.52. The van der Waals surface area contributed by atoms with Crippen LogP contribution in [0.4, 0.5) is 15.3 Å². The van der Waals surface area contributed by atoms with Crippen molar-refractivity contribution in [2.24, 2.45) is 0 Å². The van der Waals surface area contributed by atoms with Gasteiger partial charge in [0.2, 0.25) is 0 Å². The second kappa shape index (κ2) is 6.32. The third-order valence-corrected chi connectivity index (χ3v) is 2.03. The van der Waals surface area contributed by atoms with E-state index in [9.17, 15) is 9.59 Å². The standard InChI is InChI=1S/C12H15N3O2/c1-3-9-13-11(16)15(2)12(17)14-10-7-5-4-6-8-10/h3-8H,1,9H2,2H3,(H,13,16)(H,14,17). The van der Waals surface area contributed by atoms with E-state index in [2.05, 4.69) is 17.2 Å². The van der Waals surface area contributed by atoms with Crippen molar-refractivity contribution in [1.29, 1.82) is 0 Å². The fraction of sp³-hybridized carbons (Fsp3) is 0.167. The fourth-order valence-electron chi connectivity index (χ4n) is 1.10. The van der Waals surface area contributed by atoms with E-state index >= 15 is 0 Å². The third kappa shape index (κ3) is 3.98. The first-order valence-electron chi connectivity index (χ1n) is 5.13. The molecule has 0 aliphatic carbocycles. The van der Waals surface area contributed by atoms with Gasteiger partial charge in [0.15, 0.2) is 0 Å². The second-order valence-electron chi connectivity index (χ2n) is 3.33. The average molecular weight is 233 g/mol. The van der Waals surface area contributed by atoms with E-state index < -0.39 is 12.1 Å². The highest BCUT2D eigenvalue weighted by Gasteiger charge is 2.15. The van der Waals surface area contributed by atoms with Gasteiger partial charge < -0.3 is 10.6 Å². The molecule has 0 aromatic heterocycles. The highest BCUT2D eigenvalue weighted by Crippen LogP contribution is 2.05. The number of hydrogen-bond donors (Lipinski definition) is 2. The molecule has 0 bridgehead atoms. The van der Waals surface area contributed by atoms with Crippen LogP contribution in [0.15, 0.2) is 43.0 Å². The molecule has 0 atom stereocenters. The third-order valence-electron chi connectivity index (χ3n) is 2.03. The van der Waals surface area contributed by atoms with E-state index in [0.717, 1.165) is 4.90 Å². The maximum atomic E-state index is 11.6. The SMILES string of the molecule is C=CCNC(=O)N(C)C(=O)Nc1ccccc1. The van der Waals surface area contributed by atoms with Crippen LogP contribution in [0.5, 0.6) is 0 Å². The Kier molecular flexibility index (Phi) is 4.75. The Morgan fingerprint density at radius 2 is 1.94 bits per heavy atom. The number of para-hydroxylation sites is 1. The lowest BCUT2D eigenvalue weighted by molar-refractivity contribution is 0.203. The minimum Gasteiger partial charge on any atom is -0.334 e. The molecule has 0 aliphatic rings. The molecular weight excluding hydrogens is 218 g/mol. The topological polar surface area (TPSA) is 61.4 Å². The quantitative estimate of drug-likeness (QED) is 0.785. The summed E-state index contributed by atoms with van der Waals surface area (Å²) in [7, 11) is 1.40. The molecule has 0 fully saturated rings. The molecule has 2 N–H and O–H groups in total. The number of anilines is 1. The predicted molar refractivity (Wildman–Crippen MR) is 66.8 cm³/mol. The molecular formula is C12H15N3O2. The minimum absolute atomic E-state index is 0.321. The Hall–Kier alpha value is -2.30. The van der Waals surface area contributed by atoms with E-state index in [1.165, 1.54) is 7.05 Å². The largest absolute Gasteiger partial charge is 0.334 e. The second-order valence-corrected chi connectivity index (χ2v) is 3.33. The van der Waals surface area contributed by atoms with Crippen molar-refractivity contribution in [2.45, 2.75) is 0 Å². The summed E-state index contributed by atoms with van der Waals surface area (Å²) in [5.41, 5.74) is 0.640. The van der Waals surface area contributed by atoms with E-state index in [-0.39, 0.29) is 0 Å². The monoisotopic (exact) mass is 233 g/mol. The van der Waals surface area contributed by atoms with Crippen molar-refractivity contribution >= 4 is 17.7 Å². The van der Waals surface area contributed by atoms with Gasteiger partial charge in [-0.3, -0.25) is 0 Å². The summed E-state index contributed by atoms with van der Waals surface area (Å²) in [6.45, 7) is 3.79. The summed E-state index contributed by atoms with van der Waals surface area (Å²) in [6, 6.07) is 7.97. The van der Waals surface area contributed by atoms with Gasteiger partial charge in [0.05, 0.1) is 0 Å². The van der Waals surface area contributed by atoms with Gasteiger partial charge >= 0.3 is 12.1 Å². The molecule has 0 saturated heterocycles. The molecule has 0 unspecified atom stereocenters. The summed E-state index contributed by atoms with van der Waals surface area (Å²) >= 11 is 0. The number of nitrogens with one attached hydrogen (secondary N) is 2. The minimum atomic E-state index is -0.488. The van der Waals surface area contributed by atoms with Gasteiger partial charge in [0.1, 0.15) is 0 Å². The zero-order chi connectivity index (χ0) is 12.7. The van der Waals surface area contributed by atoms with Crippen molar-refractivity contribution in [2.75, 3.05) is 18.9 Å². The van der Waals surface area contributed by atoms with Gasteiger partial charge in [-0.15, -0.1) is 6.58 Å². The van der Waals surface area contributed by atoms with Gasteiger partial charge in [0.25, 0.3) is 0 Å².